The van der Waals surface area contributed by atoms with E-state index in [2.05, 4.69) is 36.2 Å². The fourth-order valence-electron chi connectivity index (χ4n) is 2.57. The second kappa shape index (κ2) is 6.75. The van der Waals surface area contributed by atoms with Gasteiger partial charge in [-0.3, -0.25) is 4.79 Å². The average Bonchev–Trinajstić information content (AvgIpc) is 2.97. The normalized spacial score (nSPS) is 18.1. The quantitative estimate of drug-likeness (QED) is 0.899. The first-order valence-electron chi connectivity index (χ1n) is 7.43. The van der Waals surface area contributed by atoms with Crippen LogP contribution in [0.1, 0.15) is 32.3 Å². The number of hydrogen-bond acceptors (Lipinski definition) is 3. The summed E-state index contributed by atoms with van der Waals surface area (Å²) < 4.78 is 5.40. The summed E-state index contributed by atoms with van der Waals surface area (Å²) in [6, 6.07) is 6.17. The van der Waals surface area contributed by atoms with Crippen LogP contribution in [0.5, 0.6) is 0 Å². The minimum absolute atomic E-state index is 0.0267. The number of hydrogen-bond donors (Lipinski definition) is 1. The Labute approximate surface area is 121 Å². The Morgan fingerprint density at radius 3 is 2.70 bits per heavy atom. The molecule has 0 bridgehead atoms. The lowest BCUT2D eigenvalue weighted by Crippen LogP contribution is -2.27. The van der Waals surface area contributed by atoms with E-state index in [1.54, 1.807) is 0 Å². The highest BCUT2D eigenvalue weighted by atomic mass is 16.5. The van der Waals surface area contributed by atoms with Crippen molar-refractivity contribution in [2.75, 3.05) is 29.9 Å². The van der Waals surface area contributed by atoms with Crippen LogP contribution in [0, 0.1) is 6.92 Å². The molecule has 0 aromatic heterocycles. The zero-order valence-electron chi connectivity index (χ0n) is 12.6. The third kappa shape index (κ3) is 3.31. The van der Waals surface area contributed by atoms with Crippen molar-refractivity contribution in [1.29, 1.82) is 0 Å². The Morgan fingerprint density at radius 2 is 2.15 bits per heavy atom. The fourth-order valence-corrected chi connectivity index (χ4v) is 2.57. The van der Waals surface area contributed by atoms with Gasteiger partial charge in [0.05, 0.1) is 0 Å². The fraction of sp³-hybridized carbons (Fsp3) is 0.562. The third-order valence-electron chi connectivity index (χ3n) is 3.82. The molecule has 0 unspecified atom stereocenters. The number of anilines is 2. The Bertz CT molecular complexity index is 464. The van der Waals surface area contributed by atoms with Crippen molar-refractivity contribution < 1.29 is 9.53 Å². The van der Waals surface area contributed by atoms with Gasteiger partial charge >= 0.3 is 0 Å². The molecule has 1 N–H and O–H groups in total. The van der Waals surface area contributed by atoms with E-state index in [-0.39, 0.29) is 12.0 Å². The molecular formula is C16H24N2O2. The Hall–Kier alpha value is -1.55. The number of carbonyl (C=O) groups excluding carboxylic acids is 1. The van der Waals surface area contributed by atoms with Gasteiger partial charge in [-0.1, -0.05) is 0 Å². The van der Waals surface area contributed by atoms with Crippen molar-refractivity contribution in [2.45, 2.75) is 39.7 Å². The first kappa shape index (κ1) is 14.9. The molecule has 1 amide bonds. The first-order chi connectivity index (χ1) is 9.65. The summed E-state index contributed by atoms with van der Waals surface area (Å²) in [6.07, 6.45) is 1.51. The van der Waals surface area contributed by atoms with Gasteiger partial charge in [0, 0.05) is 31.1 Å². The smallest absolute Gasteiger partial charge is 0.253 e. The number of nitrogens with one attached hydrogen (secondary N) is 1. The van der Waals surface area contributed by atoms with Crippen LogP contribution < -0.4 is 10.2 Å². The van der Waals surface area contributed by atoms with Gasteiger partial charge in [0.15, 0.2) is 0 Å². The van der Waals surface area contributed by atoms with E-state index in [1.807, 2.05) is 13.0 Å². The van der Waals surface area contributed by atoms with Crippen molar-refractivity contribution in [3.05, 3.63) is 23.8 Å². The van der Waals surface area contributed by atoms with Crippen molar-refractivity contribution in [3.8, 4) is 0 Å². The van der Waals surface area contributed by atoms with E-state index >= 15 is 0 Å². The molecule has 1 aliphatic heterocycles. The van der Waals surface area contributed by atoms with Gasteiger partial charge in [0.1, 0.15) is 6.10 Å². The standard InChI is InChI=1S/C16H24N2O2/c1-4-18(5-2)13-8-9-14(12(3)11-13)17-16(19)15-7-6-10-20-15/h8-9,11,15H,4-7,10H2,1-3H3,(H,17,19)/t15-/m1/s1. The number of ether oxygens (including phenoxy) is 1. The third-order valence-corrected chi connectivity index (χ3v) is 3.82. The van der Waals surface area contributed by atoms with Crippen LogP contribution in [-0.2, 0) is 9.53 Å². The van der Waals surface area contributed by atoms with Gasteiger partial charge in [0.2, 0.25) is 0 Å². The minimum Gasteiger partial charge on any atom is -0.372 e. The summed E-state index contributed by atoms with van der Waals surface area (Å²) in [5.74, 6) is -0.0267. The molecular weight excluding hydrogens is 252 g/mol. The van der Waals surface area contributed by atoms with Crippen LogP contribution in [0.15, 0.2) is 18.2 Å². The highest BCUT2D eigenvalue weighted by Crippen LogP contribution is 2.23. The summed E-state index contributed by atoms with van der Waals surface area (Å²) >= 11 is 0. The zero-order chi connectivity index (χ0) is 14.5. The molecule has 4 heteroatoms. The number of amides is 1. The van der Waals surface area contributed by atoms with Crippen molar-refractivity contribution in [3.63, 3.8) is 0 Å². The largest absolute Gasteiger partial charge is 0.372 e. The molecule has 1 saturated heterocycles. The second-order valence-corrected chi connectivity index (χ2v) is 5.16. The zero-order valence-corrected chi connectivity index (χ0v) is 12.6. The van der Waals surface area contributed by atoms with E-state index in [0.717, 1.165) is 37.2 Å². The van der Waals surface area contributed by atoms with Crippen LogP contribution in [0.25, 0.3) is 0 Å². The monoisotopic (exact) mass is 276 g/mol. The van der Waals surface area contributed by atoms with Crippen molar-refractivity contribution in [2.24, 2.45) is 0 Å². The van der Waals surface area contributed by atoms with Crippen LogP contribution in [0.3, 0.4) is 0 Å². The van der Waals surface area contributed by atoms with Crippen LogP contribution in [0.4, 0.5) is 11.4 Å². The molecule has 0 spiro atoms. The molecule has 2 rings (SSSR count). The van der Waals surface area contributed by atoms with Crippen molar-refractivity contribution >= 4 is 17.3 Å². The van der Waals surface area contributed by atoms with Gasteiger partial charge in [-0.25, -0.2) is 0 Å². The number of benzene rings is 1. The maximum Gasteiger partial charge on any atom is 0.253 e. The molecule has 1 aromatic rings. The molecule has 0 saturated carbocycles. The van der Waals surface area contributed by atoms with E-state index in [0.29, 0.717) is 6.61 Å². The topological polar surface area (TPSA) is 41.6 Å². The number of aryl methyl sites for hydroxylation is 1. The molecule has 1 atom stereocenters. The molecule has 0 aliphatic carbocycles. The maximum atomic E-state index is 12.1. The lowest BCUT2D eigenvalue weighted by atomic mass is 10.1. The number of rotatable bonds is 5. The van der Waals surface area contributed by atoms with Crippen LogP contribution >= 0.6 is 0 Å². The molecule has 1 fully saturated rings. The van der Waals surface area contributed by atoms with Gasteiger partial charge in [-0.15, -0.1) is 0 Å². The maximum absolute atomic E-state index is 12.1. The summed E-state index contributed by atoms with van der Waals surface area (Å²) in [7, 11) is 0. The molecule has 0 radical (unpaired) electrons. The Morgan fingerprint density at radius 1 is 1.40 bits per heavy atom. The minimum atomic E-state index is -0.281. The van der Waals surface area contributed by atoms with E-state index < -0.39 is 0 Å². The predicted molar refractivity (Wildman–Crippen MR) is 82.3 cm³/mol. The molecule has 1 aliphatic rings. The molecule has 110 valence electrons. The summed E-state index contributed by atoms with van der Waals surface area (Å²) in [6.45, 7) is 8.98. The lowest BCUT2D eigenvalue weighted by molar-refractivity contribution is -0.124. The molecule has 1 aromatic carbocycles. The number of nitrogens with zero attached hydrogens (tertiary/aromatic N) is 1. The van der Waals surface area contributed by atoms with Gasteiger partial charge in [0.25, 0.3) is 5.91 Å². The summed E-state index contributed by atoms with van der Waals surface area (Å²) in [4.78, 5) is 14.3. The summed E-state index contributed by atoms with van der Waals surface area (Å²) in [5.41, 5.74) is 3.16. The number of carbonyl (C=O) groups is 1. The first-order valence-corrected chi connectivity index (χ1v) is 7.43. The average molecular weight is 276 g/mol. The van der Waals surface area contributed by atoms with E-state index in [1.165, 1.54) is 5.69 Å². The molecule has 4 nitrogen and oxygen atoms in total. The van der Waals surface area contributed by atoms with Crippen LogP contribution in [0.2, 0.25) is 0 Å². The predicted octanol–water partition coefficient (Wildman–Crippen LogP) is 2.96. The van der Waals surface area contributed by atoms with Gasteiger partial charge in [-0.05, 0) is 57.4 Å². The molecule has 1 heterocycles. The van der Waals surface area contributed by atoms with Gasteiger partial charge < -0.3 is 15.0 Å². The van der Waals surface area contributed by atoms with Crippen molar-refractivity contribution in [1.82, 2.24) is 0 Å². The Kier molecular flexibility index (Phi) is 5.01. The highest BCUT2D eigenvalue weighted by molar-refractivity contribution is 5.95. The molecule has 20 heavy (non-hydrogen) atoms. The Balaban J connectivity index is 2.07. The van der Waals surface area contributed by atoms with Crippen LogP contribution in [-0.4, -0.2) is 31.7 Å². The van der Waals surface area contributed by atoms with E-state index in [4.69, 9.17) is 4.74 Å². The SMILES string of the molecule is CCN(CC)c1ccc(NC(=O)[C@H]2CCCO2)c(C)c1. The van der Waals surface area contributed by atoms with E-state index in [9.17, 15) is 4.79 Å². The lowest BCUT2D eigenvalue weighted by Gasteiger charge is -2.22. The second-order valence-electron chi connectivity index (χ2n) is 5.16. The van der Waals surface area contributed by atoms with Gasteiger partial charge in [-0.2, -0.15) is 0 Å². The summed E-state index contributed by atoms with van der Waals surface area (Å²) in [5, 5.41) is 2.97. The highest BCUT2D eigenvalue weighted by Gasteiger charge is 2.23.